The van der Waals surface area contributed by atoms with Crippen LogP contribution in [0.2, 0.25) is 0 Å². The molecule has 0 aromatic heterocycles. The molecule has 2 atom stereocenters. The lowest BCUT2D eigenvalue weighted by atomic mass is 9.90. The first kappa shape index (κ1) is 16.5. The van der Waals surface area contributed by atoms with Gasteiger partial charge in [-0.25, -0.2) is 0 Å². The molecule has 1 saturated carbocycles. The second-order valence-corrected chi connectivity index (χ2v) is 7.41. The second kappa shape index (κ2) is 7.96. The number of carbonyl (C=O) groups is 1. The Morgan fingerprint density at radius 1 is 1.09 bits per heavy atom. The van der Waals surface area contributed by atoms with E-state index in [4.69, 9.17) is 5.73 Å². The maximum Gasteiger partial charge on any atom is 0.222 e. The Hall–Kier alpha value is -1.35. The molecule has 2 aliphatic rings. The quantitative estimate of drug-likeness (QED) is 0.905. The van der Waals surface area contributed by atoms with Crippen LogP contribution in [0.4, 0.5) is 0 Å². The van der Waals surface area contributed by atoms with Crippen molar-refractivity contribution in [3.63, 3.8) is 0 Å². The molecule has 2 N–H and O–H groups in total. The van der Waals surface area contributed by atoms with Crippen LogP contribution in [0.3, 0.4) is 0 Å². The maximum absolute atomic E-state index is 12.5. The average molecular weight is 314 g/mol. The number of benzene rings is 1. The number of aryl methyl sites for hydroxylation is 1. The van der Waals surface area contributed by atoms with Crippen molar-refractivity contribution in [3.8, 4) is 0 Å². The van der Waals surface area contributed by atoms with Gasteiger partial charge in [-0.05, 0) is 55.9 Å². The Labute approximate surface area is 140 Å². The number of nitrogens with two attached hydrogens (primary N) is 1. The monoisotopic (exact) mass is 314 g/mol. The highest BCUT2D eigenvalue weighted by molar-refractivity contribution is 5.76. The third-order valence-electron chi connectivity index (χ3n) is 5.81. The minimum absolute atomic E-state index is 0.252. The van der Waals surface area contributed by atoms with E-state index in [1.165, 1.54) is 18.4 Å². The average Bonchev–Trinajstić information content (AvgIpc) is 2.99. The van der Waals surface area contributed by atoms with Crippen molar-refractivity contribution in [2.45, 2.75) is 57.4 Å². The molecule has 126 valence electrons. The molecule has 1 aromatic rings. The predicted octanol–water partition coefficient (Wildman–Crippen LogP) is 3.38. The van der Waals surface area contributed by atoms with Crippen LogP contribution >= 0.6 is 0 Å². The van der Waals surface area contributed by atoms with Crippen molar-refractivity contribution in [3.05, 3.63) is 35.9 Å². The molecule has 1 amide bonds. The van der Waals surface area contributed by atoms with Gasteiger partial charge in [0.05, 0.1) is 0 Å². The Balaban J connectivity index is 1.38. The van der Waals surface area contributed by atoms with Gasteiger partial charge < -0.3 is 10.6 Å². The molecule has 3 nitrogen and oxygen atoms in total. The first-order valence-electron chi connectivity index (χ1n) is 9.29. The van der Waals surface area contributed by atoms with Crippen LogP contribution in [0.1, 0.15) is 50.5 Å². The highest BCUT2D eigenvalue weighted by Crippen LogP contribution is 2.29. The lowest BCUT2D eigenvalue weighted by molar-refractivity contribution is -0.133. The third kappa shape index (κ3) is 4.57. The van der Waals surface area contributed by atoms with Gasteiger partial charge in [0, 0.05) is 25.6 Å². The van der Waals surface area contributed by atoms with Crippen LogP contribution in [0.25, 0.3) is 0 Å². The van der Waals surface area contributed by atoms with Gasteiger partial charge in [-0.3, -0.25) is 4.79 Å². The molecule has 0 radical (unpaired) electrons. The van der Waals surface area contributed by atoms with E-state index >= 15 is 0 Å². The number of carbonyl (C=O) groups excluding carboxylic acids is 1. The van der Waals surface area contributed by atoms with Crippen LogP contribution < -0.4 is 5.73 Å². The fourth-order valence-electron chi connectivity index (χ4n) is 4.16. The third-order valence-corrected chi connectivity index (χ3v) is 5.81. The second-order valence-electron chi connectivity index (χ2n) is 7.41. The summed E-state index contributed by atoms with van der Waals surface area (Å²) in [5.41, 5.74) is 7.53. The van der Waals surface area contributed by atoms with Gasteiger partial charge in [0.2, 0.25) is 5.91 Å². The molecule has 23 heavy (non-hydrogen) atoms. The van der Waals surface area contributed by atoms with Crippen LogP contribution in [0.15, 0.2) is 30.3 Å². The van der Waals surface area contributed by atoms with E-state index in [1.54, 1.807) is 0 Å². The zero-order chi connectivity index (χ0) is 16.1. The molecule has 1 saturated heterocycles. The van der Waals surface area contributed by atoms with E-state index in [9.17, 15) is 4.79 Å². The van der Waals surface area contributed by atoms with Crippen LogP contribution in [0.5, 0.6) is 0 Å². The topological polar surface area (TPSA) is 46.3 Å². The lowest BCUT2D eigenvalue weighted by Crippen LogP contribution is -2.40. The number of rotatable bonds is 5. The number of hydrogen-bond donors (Lipinski definition) is 1. The Bertz CT molecular complexity index is 494. The highest BCUT2D eigenvalue weighted by atomic mass is 16.2. The normalized spacial score (nSPS) is 25.7. The zero-order valence-corrected chi connectivity index (χ0v) is 14.1. The molecule has 1 heterocycles. The Kier molecular flexibility index (Phi) is 5.71. The molecule has 1 aliphatic heterocycles. The molecular weight excluding hydrogens is 284 g/mol. The molecule has 1 aliphatic carbocycles. The standard InChI is InChI=1S/C20H30N2O/c21-19-8-4-7-18(19)15-20(23)22-13-11-17(12-14-22)10-9-16-5-2-1-3-6-16/h1-3,5-6,17-19H,4,7-15,21H2/t18-,19+/m0/s1. The molecule has 0 spiro atoms. The van der Waals surface area contributed by atoms with Gasteiger partial charge in [-0.2, -0.15) is 0 Å². The highest BCUT2D eigenvalue weighted by Gasteiger charge is 2.29. The van der Waals surface area contributed by atoms with E-state index in [2.05, 4.69) is 35.2 Å². The maximum atomic E-state index is 12.5. The molecule has 0 bridgehead atoms. The van der Waals surface area contributed by atoms with E-state index in [1.807, 2.05) is 0 Å². The summed E-state index contributed by atoms with van der Waals surface area (Å²) in [6.07, 6.45) is 8.84. The van der Waals surface area contributed by atoms with Crippen LogP contribution in [-0.2, 0) is 11.2 Å². The van der Waals surface area contributed by atoms with Gasteiger partial charge >= 0.3 is 0 Å². The van der Waals surface area contributed by atoms with Gasteiger partial charge in [0.1, 0.15) is 0 Å². The number of hydrogen-bond acceptors (Lipinski definition) is 2. The van der Waals surface area contributed by atoms with Crippen molar-refractivity contribution in [1.82, 2.24) is 4.90 Å². The van der Waals surface area contributed by atoms with Crippen molar-refractivity contribution in [2.24, 2.45) is 17.6 Å². The van der Waals surface area contributed by atoms with E-state index in [-0.39, 0.29) is 6.04 Å². The molecular formula is C20H30N2O. The summed E-state index contributed by atoms with van der Waals surface area (Å²) in [5.74, 6) is 1.54. The first-order valence-corrected chi connectivity index (χ1v) is 9.29. The first-order chi connectivity index (χ1) is 11.2. The largest absolute Gasteiger partial charge is 0.343 e. The molecule has 2 fully saturated rings. The van der Waals surface area contributed by atoms with Crippen LogP contribution in [0, 0.1) is 11.8 Å². The predicted molar refractivity (Wildman–Crippen MR) is 94.0 cm³/mol. The van der Waals surface area contributed by atoms with Gasteiger partial charge in [-0.15, -0.1) is 0 Å². The van der Waals surface area contributed by atoms with E-state index in [0.29, 0.717) is 18.2 Å². The Morgan fingerprint density at radius 2 is 1.83 bits per heavy atom. The zero-order valence-electron chi connectivity index (χ0n) is 14.1. The summed E-state index contributed by atoms with van der Waals surface area (Å²) < 4.78 is 0. The molecule has 1 aromatic carbocycles. The van der Waals surface area contributed by atoms with E-state index in [0.717, 1.165) is 51.1 Å². The summed E-state index contributed by atoms with van der Waals surface area (Å²) in [7, 11) is 0. The molecule has 3 heteroatoms. The summed E-state index contributed by atoms with van der Waals surface area (Å²) in [6.45, 7) is 1.89. The molecule has 3 rings (SSSR count). The lowest BCUT2D eigenvalue weighted by Gasteiger charge is -2.33. The fourth-order valence-corrected chi connectivity index (χ4v) is 4.16. The molecule has 0 unspecified atom stereocenters. The van der Waals surface area contributed by atoms with E-state index < -0.39 is 0 Å². The van der Waals surface area contributed by atoms with Crippen LogP contribution in [-0.4, -0.2) is 29.9 Å². The van der Waals surface area contributed by atoms with Crippen molar-refractivity contribution in [2.75, 3.05) is 13.1 Å². The van der Waals surface area contributed by atoms with Crippen molar-refractivity contribution >= 4 is 5.91 Å². The summed E-state index contributed by atoms with van der Waals surface area (Å²) in [6, 6.07) is 11.0. The van der Waals surface area contributed by atoms with Gasteiger partial charge in [-0.1, -0.05) is 36.8 Å². The smallest absolute Gasteiger partial charge is 0.222 e. The number of piperidine rings is 1. The summed E-state index contributed by atoms with van der Waals surface area (Å²) >= 11 is 0. The Morgan fingerprint density at radius 3 is 2.48 bits per heavy atom. The number of amides is 1. The van der Waals surface area contributed by atoms with Crippen molar-refractivity contribution in [1.29, 1.82) is 0 Å². The number of likely N-dealkylation sites (tertiary alicyclic amines) is 1. The van der Waals surface area contributed by atoms with Gasteiger partial charge in [0.15, 0.2) is 0 Å². The fraction of sp³-hybridized carbons (Fsp3) is 0.650. The number of nitrogens with zero attached hydrogens (tertiary/aromatic N) is 1. The summed E-state index contributed by atoms with van der Waals surface area (Å²) in [4.78, 5) is 14.5. The van der Waals surface area contributed by atoms with Gasteiger partial charge in [0.25, 0.3) is 0 Å². The SMILES string of the molecule is N[C@@H]1CCC[C@H]1CC(=O)N1CCC(CCc2ccccc2)CC1. The summed E-state index contributed by atoms with van der Waals surface area (Å²) in [5, 5.41) is 0. The minimum Gasteiger partial charge on any atom is -0.343 e. The van der Waals surface area contributed by atoms with Crippen molar-refractivity contribution < 1.29 is 4.79 Å². The minimum atomic E-state index is 0.252.